The summed E-state index contributed by atoms with van der Waals surface area (Å²) in [6.07, 6.45) is 0.458. The Labute approximate surface area is 109 Å². The first-order valence-corrected chi connectivity index (χ1v) is 6.68. The van der Waals surface area contributed by atoms with Crippen LogP contribution in [0.2, 0.25) is 0 Å². The van der Waals surface area contributed by atoms with Gasteiger partial charge in [0.25, 0.3) is 5.92 Å². The van der Waals surface area contributed by atoms with Crippen LogP contribution in [-0.2, 0) is 6.42 Å². The van der Waals surface area contributed by atoms with E-state index >= 15 is 0 Å². The molecule has 1 atom stereocenters. The Morgan fingerprint density at radius 3 is 2.44 bits per heavy atom. The maximum atomic E-state index is 13.7. The predicted molar refractivity (Wildman–Crippen MR) is 72.0 cm³/mol. The first-order chi connectivity index (χ1) is 8.58. The number of likely N-dealkylation sites (tertiary alicyclic amines) is 1. The lowest BCUT2D eigenvalue weighted by atomic mass is 9.88. The summed E-state index contributed by atoms with van der Waals surface area (Å²) < 4.78 is 27.4. The Balaban J connectivity index is 0.000000771. The molecular weight excluding hydrogens is 232 g/mol. The number of nitrogens with zero attached hydrogens (tertiary/aromatic N) is 1. The average Bonchev–Trinajstić information content (AvgIpc) is 2.38. The molecule has 0 bridgehead atoms. The van der Waals surface area contributed by atoms with Crippen LogP contribution < -0.4 is 0 Å². The number of benzene rings is 1. The fraction of sp³-hybridized carbons (Fsp3) is 0.600. The highest BCUT2D eigenvalue weighted by molar-refractivity contribution is 5.16. The van der Waals surface area contributed by atoms with Gasteiger partial charge in [-0.2, -0.15) is 0 Å². The van der Waals surface area contributed by atoms with Gasteiger partial charge in [0.05, 0.1) is 0 Å². The fourth-order valence-corrected chi connectivity index (χ4v) is 2.26. The molecule has 1 aliphatic heterocycles. The monoisotopic (exact) mass is 255 g/mol. The molecule has 102 valence electrons. The molecule has 0 aromatic heterocycles. The molecule has 2 rings (SSSR count). The number of rotatable bonds is 2. The third kappa shape index (κ3) is 4.05. The SMILES string of the molecule is CC.CN1CCC(F)(F)C(Cc2ccccc2)C1. The maximum absolute atomic E-state index is 13.7. The highest BCUT2D eigenvalue weighted by atomic mass is 19.3. The summed E-state index contributed by atoms with van der Waals surface area (Å²) in [5.74, 6) is -3.06. The Hall–Kier alpha value is -0.960. The van der Waals surface area contributed by atoms with Crippen molar-refractivity contribution < 1.29 is 8.78 Å². The molecule has 1 heterocycles. The lowest BCUT2D eigenvalue weighted by molar-refractivity contribution is -0.101. The Kier molecular flexibility index (Phi) is 5.73. The first-order valence-electron chi connectivity index (χ1n) is 6.68. The summed E-state index contributed by atoms with van der Waals surface area (Å²) in [4.78, 5) is 1.99. The summed E-state index contributed by atoms with van der Waals surface area (Å²) in [6, 6.07) is 9.56. The van der Waals surface area contributed by atoms with E-state index in [1.807, 2.05) is 56.1 Å². The number of halogens is 2. The second-order valence-electron chi connectivity index (χ2n) is 4.66. The lowest BCUT2D eigenvalue weighted by Crippen LogP contribution is -2.46. The van der Waals surface area contributed by atoms with Crippen molar-refractivity contribution in [3.8, 4) is 0 Å². The second kappa shape index (κ2) is 6.83. The van der Waals surface area contributed by atoms with Crippen LogP contribution in [0.5, 0.6) is 0 Å². The minimum atomic E-state index is -2.51. The van der Waals surface area contributed by atoms with E-state index in [-0.39, 0.29) is 6.42 Å². The third-order valence-electron chi connectivity index (χ3n) is 3.28. The van der Waals surface area contributed by atoms with Crippen molar-refractivity contribution in [2.45, 2.75) is 32.6 Å². The van der Waals surface area contributed by atoms with E-state index in [2.05, 4.69) is 0 Å². The lowest BCUT2D eigenvalue weighted by Gasteiger charge is -2.36. The molecule has 3 heteroatoms. The number of hydrogen-bond acceptors (Lipinski definition) is 1. The van der Waals surface area contributed by atoms with Gasteiger partial charge in [-0.1, -0.05) is 44.2 Å². The molecule has 1 aromatic carbocycles. The van der Waals surface area contributed by atoms with Crippen LogP contribution in [0.4, 0.5) is 8.78 Å². The average molecular weight is 255 g/mol. The van der Waals surface area contributed by atoms with Gasteiger partial charge in [0.2, 0.25) is 0 Å². The minimum Gasteiger partial charge on any atom is -0.306 e. The van der Waals surface area contributed by atoms with Gasteiger partial charge in [-0.15, -0.1) is 0 Å². The van der Waals surface area contributed by atoms with Gasteiger partial charge in [0.15, 0.2) is 0 Å². The van der Waals surface area contributed by atoms with Crippen molar-refractivity contribution in [3.63, 3.8) is 0 Å². The smallest absolute Gasteiger partial charge is 0.253 e. The Morgan fingerprint density at radius 2 is 1.83 bits per heavy atom. The Morgan fingerprint density at radius 1 is 1.22 bits per heavy atom. The second-order valence-corrected chi connectivity index (χ2v) is 4.66. The molecular formula is C15H23F2N. The molecule has 0 spiro atoms. The van der Waals surface area contributed by atoms with Crippen LogP contribution in [0, 0.1) is 5.92 Å². The minimum absolute atomic E-state index is 0.0129. The zero-order valence-corrected chi connectivity index (χ0v) is 11.5. The van der Waals surface area contributed by atoms with Crippen molar-refractivity contribution in [3.05, 3.63) is 35.9 Å². The molecule has 18 heavy (non-hydrogen) atoms. The molecule has 1 nitrogen and oxygen atoms in total. The first kappa shape index (κ1) is 15.1. The zero-order valence-electron chi connectivity index (χ0n) is 11.5. The standard InChI is InChI=1S/C13H17F2N.C2H6/c1-16-8-7-13(14,15)12(10-16)9-11-5-3-2-4-6-11;1-2/h2-6,12H,7-10H2,1H3;1-2H3. The van der Waals surface area contributed by atoms with Crippen LogP contribution in [0.25, 0.3) is 0 Å². The van der Waals surface area contributed by atoms with Gasteiger partial charge >= 0.3 is 0 Å². The van der Waals surface area contributed by atoms with Crippen molar-refractivity contribution in [2.75, 3.05) is 20.1 Å². The summed E-state index contributed by atoms with van der Waals surface area (Å²) in [6.45, 7) is 4.99. The highest BCUT2D eigenvalue weighted by Gasteiger charge is 2.42. The van der Waals surface area contributed by atoms with E-state index in [0.717, 1.165) is 5.56 Å². The van der Waals surface area contributed by atoms with Gasteiger partial charge < -0.3 is 4.90 Å². The van der Waals surface area contributed by atoms with Crippen molar-refractivity contribution in [2.24, 2.45) is 5.92 Å². The van der Waals surface area contributed by atoms with Gasteiger partial charge in [-0.05, 0) is 19.0 Å². The zero-order chi connectivity index (χ0) is 13.6. The summed E-state index contributed by atoms with van der Waals surface area (Å²) in [7, 11) is 1.91. The molecule has 1 fully saturated rings. The predicted octanol–water partition coefficient (Wildman–Crippen LogP) is 3.84. The van der Waals surface area contributed by atoms with Crippen LogP contribution in [0.3, 0.4) is 0 Å². The molecule has 1 saturated heterocycles. The molecule has 1 unspecified atom stereocenters. The topological polar surface area (TPSA) is 3.24 Å². The van der Waals surface area contributed by atoms with E-state index in [0.29, 0.717) is 19.5 Å². The number of piperidine rings is 1. The van der Waals surface area contributed by atoms with Gasteiger partial charge in [0.1, 0.15) is 0 Å². The molecule has 0 amide bonds. The van der Waals surface area contributed by atoms with Gasteiger partial charge in [0, 0.05) is 25.4 Å². The normalized spacial score (nSPS) is 23.1. The van der Waals surface area contributed by atoms with Gasteiger partial charge in [-0.25, -0.2) is 8.78 Å². The van der Waals surface area contributed by atoms with Crippen LogP contribution in [-0.4, -0.2) is 31.0 Å². The highest BCUT2D eigenvalue weighted by Crippen LogP contribution is 2.34. The Bertz CT molecular complexity index is 338. The van der Waals surface area contributed by atoms with Crippen molar-refractivity contribution >= 4 is 0 Å². The van der Waals surface area contributed by atoms with E-state index in [1.165, 1.54) is 0 Å². The van der Waals surface area contributed by atoms with Crippen LogP contribution in [0.1, 0.15) is 25.8 Å². The summed E-state index contributed by atoms with van der Waals surface area (Å²) >= 11 is 0. The van der Waals surface area contributed by atoms with Crippen LogP contribution in [0.15, 0.2) is 30.3 Å². The van der Waals surface area contributed by atoms with Crippen LogP contribution >= 0.6 is 0 Å². The third-order valence-corrected chi connectivity index (χ3v) is 3.28. The van der Waals surface area contributed by atoms with Gasteiger partial charge in [-0.3, -0.25) is 0 Å². The quantitative estimate of drug-likeness (QED) is 0.776. The van der Waals surface area contributed by atoms with Crippen molar-refractivity contribution in [1.82, 2.24) is 4.90 Å². The molecule has 0 aliphatic carbocycles. The fourth-order valence-electron chi connectivity index (χ4n) is 2.26. The summed E-state index contributed by atoms with van der Waals surface area (Å²) in [5.41, 5.74) is 1.00. The van der Waals surface area contributed by atoms with E-state index in [4.69, 9.17) is 0 Å². The van der Waals surface area contributed by atoms with Crippen molar-refractivity contribution in [1.29, 1.82) is 0 Å². The number of hydrogen-bond donors (Lipinski definition) is 0. The molecule has 1 aromatic rings. The van der Waals surface area contributed by atoms with E-state index in [9.17, 15) is 8.78 Å². The molecule has 0 radical (unpaired) electrons. The number of alkyl halides is 2. The summed E-state index contributed by atoms with van der Waals surface area (Å²) in [5, 5.41) is 0. The largest absolute Gasteiger partial charge is 0.306 e. The van der Waals surface area contributed by atoms with E-state index < -0.39 is 11.8 Å². The van der Waals surface area contributed by atoms with E-state index in [1.54, 1.807) is 0 Å². The molecule has 1 aliphatic rings. The maximum Gasteiger partial charge on any atom is 0.253 e. The molecule has 0 N–H and O–H groups in total. The molecule has 0 saturated carbocycles.